The second-order valence-electron chi connectivity index (χ2n) is 6.41. The normalized spacial score (nSPS) is 21.3. The van der Waals surface area contributed by atoms with Crippen molar-refractivity contribution in [2.45, 2.75) is 43.0 Å². The number of aryl methyl sites for hydroxylation is 1. The first-order chi connectivity index (χ1) is 11.6. The summed E-state index contributed by atoms with van der Waals surface area (Å²) in [4.78, 5) is 0.621. The third-order valence-electron chi connectivity index (χ3n) is 4.74. The lowest BCUT2D eigenvalue weighted by Crippen LogP contribution is -2.43. The van der Waals surface area contributed by atoms with E-state index in [1.807, 2.05) is 6.07 Å². The van der Waals surface area contributed by atoms with Crippen molar-refractivity contribution in [3.05, 3.63) is 66.0 Å². The second kappa shape index (κ2) is 7.49. The molecule has 0 aromatic heterocycles. The van der Waals surface area contributed by atoms with Crippen molar-refractivity contribution in [1.29, 1.82) is 0 Å². The molecule has 0 amide bonds. The van der Waals surface area contributed by atoms with E-state index in [2.05, 4.69) is 34.4 Å². The first-order valence-electron chi connectivity index (χ1n) is 8.51. The van der Waals surface area contributed by atoms with Crippen molar-refractivity contribution in [1.82, 2.24) is 4.31 Å². The van der Waals surface area contributed by atoms with Crippen molar-refractivity contribution < 1.29 is 8.60 Å². The molecule has 2 nitrogen and oxygen atoms in total. The van der Waals surface area contributed by atoms with Gasteiger partial charge < -0.3 is 0 Å². The molecule has 1 aliphatic heterocycles. The van der Waals surface area contributed by atoms with Crippen LogP contribution in [0.3, 0.4) is 0 Å². The minimum atomic E-state index is -2.57. The largest absolute Gasteiger partial charge is 0.248 e. The Hall–Kier alpha value is -1.65. The molecule has 2 aromatic carbocycles. The van der Waals surface area contributed by atoms with Gasteiger partial charge in [-0.1, -0.05) is 36.8 Å². The Morgan fingerprint density at radius 2 is 1.79 bits per heavy atom. The Labute approximate surface area is 144 Å². The van der Waals surface area contributed by atoms with Gasteiger partial charge in [-0.3, -0.25) is 0 Å². The van der Waals surface area contributed by atoms with Crippen LogP contribution < -0.4 is 0 Å². The molecular formula is C20H24FNOS. The van der Waals surface area contributed by atoms with Crippen LogP contribution in [0.15, 0.2) is 59.5 Å². The second-order valence-corrected chi connectivity index (χ2v) is 8.63. The zero-order valence-corrected chi connectivity index (χ0v) is 14.7. The Bertz CT molecular complexity index is 756. The van der Waals surface area contributed by atoms with E-state index in [-0.39, 0.29) is 11.9 Å². The van der Waals surface area contributed by atoms with Gasteiger partial charge in [-0.25, -0.2) is 12.9 Å². The Balaban J connectivity index is 1.77. The van der Waals surface area contributed by atoms with Gasteiger partial charge in [-0.2, -0.15) is 0 Å². The monoisotopic (exact) mass is 345 g/mol. The molecule has 3 rings (SSSR count). The highest BCUT2D eigenvalue weighted by Crippen LogP contribution is 2.28. The average Bonchev–Trinajstić information content (AvgIpc) is 2.61. The summed E-state index contributed by atoms with van der Waals surface area (Å²) in [6.45, 7) is 0.791. The number of piperidine rings is 1. The molecule has 1 heterocycles. The minimum Gasteiger partial charge on any atom is -0.248 e. The van der Waals surface area contributed by atoms with Crippen LogP contribution in [-0.4, -0.2) is 27.0 Å². The molecule has 2 unspecified atom stereocenters. The Kier molecular flexibility index (Phi) is 5.36. The van der Waals surface area contributed by atoms with Gasteiger partial charge in [0.25, 0.3) is 0 Å². The van der Waals surface area contributed by atoms with Crippen molar-refractivity contribution in [3.63, 3.8) is 0 Å². The summed E-state index contributed by atoms with van der Waals surface area (Å²) in [7, 11) is -2.57. The van der Waals surface area contributed by atoms with E-state index in [1.54, 1.807) is 12.1 Å². The molecule has 2 atom stereocenters. The minimum absolute atomic E-state index is 0.258. The third kappa shape index (κ3) is 3.87. The predicted molar refractivity (Wildman–Crippen MR) is 99.0 cm³/mol. The lowest BCUT2D eigenvalue weighted by Gasteiger charge is -2.37. The maximum atomic E-state index is 13.4. The number of hydrogen-bond acceptors (Lipinski definition) is 1. The van der Waals surface area contributed by atoms with Crippen molar-refractivity contribution in [2.75, 3.05) is 6.54 Å². The van der Waals surface area contributed by atoms with Crippen LogP contribution in [0.5, 0.6) is 0 Å². The van der Waals surface area contributed by atoms with Crippen LogP contribution in [0.2, 0.25) is 0 Å². The molecule has 0 bridgehead atoms. The molecule has 1 fully saturated rings. The molecule has 0 radical (unpaired) electrons. The van der Waals surface area contributed by atoms with E-state index in [4.69, 9.17) is 0 Å². The number of halogens is 1. The Morgan fingerprint density at radius 1 is 1.08 bits per heavy atom. The van der Waals surface area contributed by atoms with Crippen molar-refractivity contribution in [3.8, 4) is 0 Å². The van der Waals surface area contributed by atoms with Gasteiger partial charge in [-0.15, -0.1) is 0 Å². The predicted octanol–water partition coefficient (Wildman–Crippen LogP) is 4.30. The summed E-state index contributed by atoms with van der Waals surface area (Å²) in [5.74, 6) is 3.72. The first-order valence-corrected chi connectivity index (χ1v) is 10.2. The number of nitrogens with zero attached hydrogens (tertiary/aromatic N) is 1. The number of rotatable bonds is 5. The van der Waals surface area contributed by atoms with E-state index in [1.165, 1.54) is 17.7 Å². The highest BCUT2D eigenvalue weighted by Gasteiger charge is 2.29. The summed E-state index contributed by atoms with van der Waals surface area (Å²) in [6.07, 6.45) is 5.18. The van der Waals surface area contributed by atoms with Gasteiger partial charge in [0.05, 0.1) is 9.71 Å². The molecular weight excluding hydrogens is 321 g/mol. The standard InChI is InChI=1S/C20H24FNOS/c1-24(23,20-14-11-18(21)12-15-20)22-16-6-5-9-19(22)13-10-17-7-3-2-4-8-17/h2-4,7-8,11-12,14-15,19H,1,5-6,9-10,13,16H2. The summed E-state index contributed by atoms with van der Waals surface area (Å²) in [5, 5.41) is 0. The summed E-state index contributed by atoms with van der Waals surface area (Å²) >= 11 is 0. The first kappa shape index (κ1) is 17.2. The molecule has 4 heteroatoms. The maximum absolute atomic E-state index is 13.4. The molecule has 0 spiro atoms. The van der Waals surface area contributed by atoms with E-state index < -0.39 is 9.71 Å². The molecule has 0 saturated carbocycles. The topological polar surface area (TPSA) is 20.3 Å². The van der Waals surface area contributed by atoms with Gasteiger partial charge in [0.15, 0.2) is 0 Å². The highest BCUT2D eigenvalue weighted by atomic mass is 32.2. The summed E-state index contributed by atoms with van der Waals surface area (Å²) in [6, 6.07) is 16.6. The lowest BCUT2D eigenvalue weighted by molar-refractivity contribution is 0.251. The quantitative estimate of drug-likeness (QED) is 0.740. The van der Waals surface area contributed by atoms with Crippen molar-refractivity contribution in [2.24, 2.45) is 0 Å². The van der Waals surface area contributed by atoms with Gasteiger partial charge in [0.2, 0.25) is 0 Å². The molecule has 1 aliphatic rings. The van der Waals surface area contributed by atoms with E-state index in [0.29, 0.717) is 4.90 Å². The summed E-state index contributed by atoms with van der Waals surface area (Å²) < 4.78 is 28.6. The molecule has 0 N–H and O–H groups in total. The molecule has 2 aromatic rings. The molecule has 1 saturated heterocycles. The SMILES string of the molecule is C=S(=O)(c1ccc(F)cc1)N1CCCCC1CCc1ccccc1. The van der Waals surface area contributed by atoms with Gasteiger partial charge in [0.1, 0.15) is 5.82 Å². The smallest absolute Gasteiger partial charge is 0.123 e. The summed E-state index contributed by atoms with van der Waals surface area (Å²) in [5.41, 5.74) is 1.31. The average molecular weight is 345 g/mol. The van der Waals surface area contributed by atoms with Crippen LogP contribution in [0.25, 0.3) is 0 Å². The molecule has 0 aliphatic carbocycles. The van der Waals surface area contributed by atoms with Gasteiger partial charge in [-0.05, 0) is 61.4 Å². The fourth-order valence-electron chi connectivity index (χ4n) is 3.41. The zero-order valence-electron chi connectivity index (χ0n) is 13.9. The fraction of sp³-hybridized carbons (Fsp3) is 0.350. The number of benzene rings is 2. The number of hydrogen-bond donors (Lipinski definition) is 0. The van der Waals surface area contributed by atoms with E-state index in [0.717, 1.165) is 38.6 Å². The van der Waals surface area contributed by atoms with Crippen LogP contribution in [0, 0.1) is 5.82 Å². The van der Waals surface area contributed by atoms with Crippen LogP contribution >= 0.6 is 0 Å². The lowest BCUT2D eigenvalue weighted by atomic mass is 9.98. The zero-order chi connectivity index (χ0) is 17.0. The maximum Gasteiger partial charge on any atom is 0.123 e. The van der Waals surface area contributed by atoms with Crippen LogP contribution in [0.1, 0.15) is 31.2 Å². The van der Waals surface area contributed by atoms with Crippen LogP contribution in [0.4, 0.5) is 4.39 Å². The Morgan fingerprint density at radius 3 is 2.50 bits per heavy atom. The van der Waals surface area contributed by atoms with E-state index >= 15 is 0 Å². The third-order valence-corrected chi connectivity index (χ3v) is 6.99. The highest BCUT2D eigenvalue weighted by molar-refractivity contribution is 7.98. The van der Waals surface area contributed by atoms with Crippen molar-refractivity contribution >= 4 is 15.6 Å². The fourth-order valence-corrected chi connectivity index (χ4v) is 5.36. The van der Waals surface area contributed by atoms with Gasteiger partial charge in [0, 0.05) is 17.5 Å². The molecule has 24 heavy (non-hydrogen) atoms. The van der Waals surface area contributed by atoms with E-state index in [9.17, 15) is 8.60 Å². The van der Waals surface area contributed by atoms with Crippen LogP contribution in [-0.2, 0) is 16.1 Å². The molecule has 128 valence electrons. The van der Waals surface area contributed by atoms with Gasteiger partial charge >= 0.3 is 0 Å².